The molecule has 0 saturated carbocycles. The lowest BCUT2D eigenvalue weighted by atomic mass is 10.5. The van der Waals surface area contributed by atoms with Crippen molar-refractivity contribution in [2.45, 2.75) is 6.61 Å². The van der Waals surface area contributed by atoms with Crippen LogP contribution in [0.25, 0.3) is 0 Å². The Bertz CT molecular complexity index is 214. The van der Waals surface area contributed by atoms with E-state index in [4.69, 9.17) is 14.3 Å². The van der Waals surface area contributed by atoms with Gasteiger partial charge in [0.1, 0.15) is 19.0 Å². The molecule has 0 fully saturated rings. The maximum absolute atomic E-state index is 9.97. The van der Waals surface area contributed by atoms with Crippen molar-refractivity contribution in [2.75, 3.05) is 6.61 Å². The van der Waals surface area contributed by atoms with Crippen LogP contribution in [-0.2, 0) is 16.1 Å². The van der Waals surface area contributed by atoms with Crippen molar-refractivity contribution >= 4 is 5.97 Å². The van der Waals surface area contributed by atoms with E-state index in [1.807, 2.05) is 0 Å². The van der Waals surface area contributed by atoms with E-state index in [-0.39, 0.29) is 13.2 Å². The molecule has 0 aliphatic heterocycles. The summed E-state index contributed by atoms with van der Waals surface area (Å²) in [5.74, 6) is -0.345. The predicted octanol–water partition coefficient (Wildman–Crippen LogP) is 0.881. The van der Waals surface area contributed by atoms with Gasteiger partial charge in [-0.2, -0.15) is 0 Å². The SMILES string of the molecule is O=C(O)COCc1ccco1. The zero-order valence-corrected chi connectivity index (χ0v) is 5.82. The molecule has 0 saturated heterocycles. The quantitative estimate of drug-likeness (QED) is 0.702. The minimum atomic E-state index is -0.975. The van der Waals surface area contributed by atoms with Crippen molar-refractivity contribution in [3.05, 3.63) is 24.2 Å². The average Bonchev–Trinajstić information content (AvgIpc) is 2.39. The van der Waals surface area contributed by atoms with Gasteiger partial charge in [0.2, 0.25) is 0 Å². The van der Waals surface area contributed by atoms with Crippen LogP contribution in [-0.4, -0.2) is 17.7 Å². The van der Waals surface area contributed by atoms with Gasteiger partial charge >= 0.3 is 5.97 Å². The molecule has 1 aromatic rings. The molecule has 1 N–H and O–H groups in total. The Morgan fingerprint density at radius 1 is 1.73 bits per heavy atom. The van der Waals surface area contributed by atoms with Gasteiger partial charge in [-0.05, 0) is 12.1 Å². The third kappa shape index (κ3) is 2.86. The highest BCUT2D eigenvalue weighted by molar-refractivity contribution is 5.67. The standard InChI is InChI=1S/C7H8O4/c8-7(9)5-10-4-6-2-1-3-11-6/h1-3H,4-5H2,(H,8,9). The molecule has 60 valence electrons. The molecular formula is C7H8O4. The summed E-state index contributed by atoms with van der Waals surface area (Å²) in [6.45, 7) is -0.0833. The number of hydrogen-bond acceptors (Lipinski definition) is 3. The first-order chi connectivity index (χ1) is 5.29. The van der Waals surface area contributed by atoms with Crippen LogP contribution in [0, 0.1) is 0 Å². The molecule has 1 heterocycles. The molecule has 0 atom stereocenters. The smallest absolute Gasteiger partial charge is 0.329 e. The maximum atomic E-state index is 9.97. The summed E-state index contributed by atoms with van der Waals surface area (Å²) in [6.07, 6.45) is 1.51. The van der Waals surface area contributed by atoms with Gasteiger partial charge in [-0.3, -0.25) is 0 Å². The van der Waals surface area contributed by atoms with E-state index in [1.54, 1.807) is 12.1 Å². The minimum Gasteiger partial charge on any atom is -0.480 e. The Labute approximate surface area is 63.4 Å². The van der Waals surface area contributed by atoms with Crippen LogP contribution in [0.1, 0.15) is 5.76 Å². The number of furan rings is 1. The zero-order valence-electron chi connectivity index (χ0n) is 5.82. The monoisotopic (exact) mass is 156 g/mol. The van der Waals surface area contributed by atoms with Gasteiger partial charge in [-0.15, -0.1) is 0 Å². The molecule has 1 aromatic heterocycles. The van der Waals surface area contributed by atoms with Crippen LogP contribution in [0.2, 0.25) is 0 Å². The molecule has 11 heavy (non-hydrogen) atoms. The van der Waals surface area contributed by atoms with E-state index >= 15 is 0 Å². The van der Waals surface area contributed by atoms with Gasteiger partial charge in [0.15, 0.2) is 0 Å². The number of aliphatic carboxylic acids is 1. The number of ether oxygens (including phenoxy) is 1. The van der Waals surface area contributed by atoms with Crippen molar-refractivity contribution in [2.24, 2.45) is 0 Å². The molecule has 4 heteroatoms. The van der Waals surface area contributed by atoms with Crippen LogP contribution in [0.3, 0.4) is 0 Å². The first-order valence-corrected chi connectivity index (χ1v) is 3.11. The van der Waals surface area contributed by atoms with Crippen LogP contribution in [0.4, 0.5) is 0 Å². The fourth-order valence-corrected chi connectivity index (χ4v) is 0.634. The van der Waals surface area contributed by atoms with E-state index in [2.05, 4.69) is 0 Å². The molecule has 0 radical (unpaired) electrons. The predicted molar refractivity (Wildman–Crippen MR) is 36.0 cm³/mol. The molecule has 1 rings (SSSR count). The van der Waals surface area contributed by atoms with Crippen LogP contribution in [0.5, 0.6) is 0 Å². The van der Waals surface area contributed by atoms with E-state index in [1.165, 1.54) is 6.26 Å². The fourth-order valence-electron chi connectivity index (χ4n) is 0.634. The highest BCUT2D eigenvalue weighted by atomic mass is 16.5. The second-order valence-corrected chi connectivity index (χ2v) is 1.97. The van der Waals surface area contributed by atoms with Crippen molar-refractivity contribution in [1.82, 2.24) is 0 Å². The summed E-state index contributed by atoms with van der Waals surface area (Å²) in [6, 6.07) is 3.45. The van der Waals surface area contributed by atoms with Crippen molar-refractivity contribution in [3.63, 3.8) is 0 Å². The molecular weight excluding hydrogens is 148 g/mol. The lowest BCUT2D eigenvalue weighted by Crippen LogP contribution is -2.06. The van der Waals surface area contributed by atoms with E-state index in [0.717, 1.165) is 0 Å². The first-order valence-electron chi connectivity index (χ1n) is 3.11. The number of carbonyl (C=O) groups is 1. The topological polar surface area (TPSA) is 59.7 Å². The second-order valence-electron chi connectivity index (χ2n) is 1.97. The number of rotatable bonds is 4. The third-order valence-corrected chi connectivity index (χ3v) is 1.05. The summed E-state index contributed by atoms with van der Waals surface area (Å²) in [7, 11) is 0. The summed E-state index contributed by atoms with van der Waals surface area (Å²) in [5.41, 5.74) is 0. The van der Waals surface area contributed by atoms with Gasteiger partial charge in [0.25, 0.3) is 0 Å². The molecule has 0 aromatic carbocycles. The molecule has 0 spiro atoms. The second kappa shape index (κ2) is 3.78. The minimum absolute atomic E-state index is 0.208. The summed E-state index contributed by atoms with van der Waals surface area (Å²) >= 11 is 0. The fraction of sp³-hybridized carbons (Fsp3) is 0.286. The van der Waals surface area contributed by atoms with Crippen molar-refractivity contribution < 1.29 is 19.1 Å². The average molecular weight is 156 g/mol. The number of hydrogen-bond donors (Lipinski definition) is 1. The highest BCUT2D eigenvalue weighted by Gasteiger charge is 1.98. The van der Waals surface area contributed by atoms with Crippen molar-refractivity contribution in [1.29, 1.82) is 0 Å². The molecule has 0 amide bonds. The Hall–Kier alpha value is -1.29. The lowest BCUT2D eigenvalue weighted by Gasteiger charge is -1.95. The van der Waals surface area contributed by atoms with Gasteiger partial charge in [-0.25, -0.2) is 4.79 Å². The lowest BCUT2D eigenvalue weighted by molar-refractivity contribution is -0.142. The van der Waals surface area contributed by atoms with Crippen LogP contribution in [0.15, 0.2) is 22.8 Å². The van der Waals surface area contributed by atoms with Gasteiger partial charge in [0, 0.05) is 0 Å². The molecule has 0 aliphatic rings. The summed E-state index contributed by atoms with van der Waals surface area (Å²) < 4.78 is 9.64. The Balaban J connectivity index is 2.19. The van der Waals surface area contributed by atoms with E-state index < -0.39 is 5.97 Å². The number of carboxylic acid groups (broad SMARTS) is 1. The van der Waals surface area contributed by atoms with Gasteiger partial charge < -0.3 is 14.3 Å². The number of carboxylic acids is 1. The van der Waals surface area contributed by atoms with E-state index in [0.29, 0.717) is 5.76 Å². The molecule has 0 unspecified atom stereocenters. The van der Waals surface area contributed by atoms with Crippen LogP contribution >= 0.6 is 0 Å². The Morgan fingerprint density at radius 3 is 3.09 bits per heavy atom. The molecule has 0 aliphatic carbocycles. The summed E-state index contributed by atoms with van der Waals surface area (Å²) in [4.78, 5) is 9.97. The van der Waals surface area contributed by atoms with Crippen LogP contribution < -0.4 is 0 Å². The highest BCUT2D eigenvalue weighted by Crippen LogP contribution is 2.00. The molecule has 0 bridgehead atoms. The van der Waals surface area contributed by atoms with Crippen molar-refractivity contribution in [3.8, 4) is 0 Å². The largest absolute Gasteiger partial charge is 0.480 e. The zero-order chi connectivity index (χ0) is 8.10. The van der Waals surface area contributed by atoms with Gasteiger partial charge in [0.05, 0.1) is 6.26 Å². The maximum Gasteiger partial charge on any atom is 0.329 e. The normalized spacial score (nSPS) is 9.82. The Morgan fingerprint density at radius 2 is 2.55 bits per heavy atom. The summed E-state index contributed by atoms with van der Waals surface area (Å²) in [5, 5.41) is 8.19. The third-order valence-electron chi connectivity index (χ3n) is 1.05. The van der Waals surface area contributed by atoms with E-state index in [9.17, 15) is 4.79 Å². The van der Waals surface area contributed by atoms with Gasteiger partial charge in [-0.1, -0.05) is 0 Å². The first kappa shape index (κ1) is 7.81. The molecule has 4 nitrogen and oxygen atoms in total. The Kier molecular flexibility index (Phi) is 2.68.